The summed E-state index contributed by atoms with van der Waals surface area (Å²) in [4.78, 5) is 24.7. The molecule has 2 aliphatic carbocycles. The van der Waals surface area contributed by atoms with Crippen LogP contribution in [0.2, 0.25) is 0 Å². The second-order valence-electron chi connectivity index (χ2n) is 11.2. The Hall–Kier alpha value is -1.36. The Morgan fingerprint density at radius 1 is 1.23 bits per heavy atom. The van der Waals surface area contributed by atoms with Crippen molar-refractivity contribution in [2.75, 3.05) is 0 Å². The van der Waals surface area contributed by atoms with Crippen molar-refractivity contribution in [1.82, 2.24) is 0 Å². The van der Waals surface area contributed by atoms with Crippen LogP contribution >= 0.6 is 0 Å². The third-order valence-corrected chi connectivity index (χ3v) is 8.22. The molecule has 31 heavy (non-hydrogen) atoms. The van der Waals surface area contributed by atoms with Crippen LogP contribution < -0.4 is 0 Å². The van der Waals surface area contributed by atoms with Crippen LogP contribution in [0.5, 0.6) is 0 Å². The highest BCUT2D eigenvalue weighted by molar-refractivity contribution is 5.76. The summed E-state index contributed by atoms with van der Waals surface area (Å²) >= 11 is 0. The zero-order chi connectivity index (χ0) is 22.9. The molecule has 8 atom stereocenters. The van der Waals surface area contributed by atoms with Crippen molar-refractivity contribution in [3.8, 4) is 0 Å². The van der Waals surface area contributed by atoms with Crippen LogP contribution in [0.1, 0.15) is 86.5 Å². The average molecular weight is 435 g/mol. The lowest BCUT2D eigenvalue weighted by Crippen LogP contribution is -2.48. The standard InChI is InChI=1S/C26H42O5/c1-7-26(5,6)25(29)31-22-11-15(2)10-21-17(4)12-16(3)20(24(21)22)9-8-19-13-18(27)14-23(28)30-19/h12,15-16,18-22,24,27H,7-11,13-14H2,1-6H3/t15-,16-,18+,19+,20-,21+,22-,24+/m0/s1. The number of hydrogen-bond acceptors (Lipinski definition) is 5. The number of ether oxygens (including phenoxy) is 2. The molecule has 0 aromatic heterocycles. The van der Waals surface area contributed by atoms with E-state index in [-0.39, 0.29) is 30.6 Å². The minimum atomic E-state index is -0.592. The molecule has 1 N–H and O–H groups in total. The summed E-state index contributed by atoms with van der Waals surface area (Å²) in [7, 11) is 0. The molecule has 3 aliphatic rings. The Kier molecular flexibility index (Phi) is 7.55. The van der Waals surface area contributed by atoms with Gasteiger partial charge in [0.2, 0.25) is 0 Å². The molecule has 5 nitrogen and oxygen atoms in total. The number of carbonyl (C=O) groups is 2. The van der Waals surface area contributed by atoms with Gasteiger partial charge in [-0.3, -0.25) is 9.59 Å². The first-order valence-corrected chi connectivity index (χ1v) is 12.3. The minimum absolute atomic E-state index is 0.0670. The number of hydrogen-bond donors (Lipinski definition) is 1. The van der Waals surface area contributed by atoms with E-state index in [4.69, 9.17) is 9.47 Å². The lowest BCUT2D eigenvalue weighted by molar-refractivity contribution is -0.171. The van der Waals surface area contributed by atoms with E-state index in [9.17, 15) is 14.7 Å². The number of aliphatic hydroxyl groups is 1. The second-order valence-corrected chi connectivity index (χ2v) is 11.2. The van der Waals surface area contributed by atoms with Gasteiger partial charge in [-0.25, -0.2) is 0 Å². The predicted molar refractivity (Wildman–Crippen MR) is 120 cm³/mol. The summed E-state index contributed by atoms with van der Waals surface area (Å²) in [5, 5.41) is 9.96. The minimum Gasteiger partial charge on any atom is -0.462 e. The topological polar surface area (TPSA) is 72.8 Å². The highest BCUT2D eigenvalue weighted by atomic mass is 16.6. The van der Waals surface area contributed by atoms with Gasteiger partial charge in [-0.2, -0.15) is 0 Å². The van der Waals surface area contributed by atoms with Crippen LogP contribution in [0.3, 0.4) is 0 Å². The number of aliphatic hydroxyl groups excluding tert-OH is 1. The monoisotopic (exact) mass is 434 g/mol. The molecule has 0 aromatic rings. The maximum absolute atomic E-state index is 13.0. The number of cyclic esters (lactones) is 1. The predicted octanol–water partition coefficient (Wildman–Crippen LogP) is 5.06. The van der Waals surface area contributed by atoms with Gasteiger partial charge in [0, 0.05) is 12.3 Å². The fourth-order valence-corrected chi connectivity index (χ4v) is 6.02. The summed E-state index contributed by atoms with van der Waals surface area (Å²) in [5.41, 5.74) is 0.958. The quantitative estimate of drug-likeness (QED) is 0.467. The van der Waals surface area contributed by atoms with Gasteiger partial charge in [0.1, 0.15) is 12.2 Å². The Labute approximate surface area is 188 Å². The van der Waals surface area contributed by atoms with E-state index in [0.717, 1.165) is 32.1 Å². The molecule has 2 fully saturated rings. The van der Waals surface area contributed by atoms with Gasteiger partial charge in [0.15, 0.2) is 0 Å². The first kappa shape index (κ1) is 24.3. The van der Waals surface area contributed by atoms with Crippen molar-refractivity contribution in [3.05, 3.63) is 11.6 Å². The van der Waals surface area contributed by atoms with E-state index in [1.165, 1.54) is 5.57 Å². The van der Waals surface area contributed by atoms with Crippen LogP contribution in [0.15, 0.2) is 11.6 Å². The van der Waals surface area contributed by atoms with E-state index < -0.39 is 11.5 Å². The zero-order valence-electron chi connectivity index (χ0n) is 20.2. The van der Waals surface area contributed by atoms with Crippen LogP contribution in [0, 0.1) is 35.0 Å². The molecule has 1 saturated heterocycles. The van der Waals surface area contributed by atoms with Crippen molar-refractivity contribution in [1.29, 1.82) is 0 Å². The summed E-state index contributed by atoms with van der Waals surface area (Å²) in [6, 6.07) is 0. The molecule has 1 saturated carbocycles. The number of esters is 2. The number of allylic oxidation sites excluding steroid dienone is 2. The van der Waals surface area contributed by atoms with Gasteiger partial charge in [-0.15, -0.1) is 0 Å². The first-order valence-electron chi connectivity index (χ1n) is 12.3. The van der Waals surface area contributed by atoms with Gasteiger partial charge in [0.25, 0.3) is 0 Å². The van der Waals surface area contributed by atoms with Crippen molar-refractivity contribution < 1.29 is 24.2 Å². The largest absolute Gasteiger partial charge is 0.462 e. The SMILES string of the molecule is CCC(C)(C)C(=O)O[C@H]1C[C@@H](C)C[C@@H]2C(C)=C[C@H](C)[C@H](CC[C@@H]3C[C@@H](O)CC(=O)O3)[C@@H]12. The van der Waals surface area contributed by atoms with E-state index in [2.05, 4.69) is 26.8 Å². The summed E-state index contributed by atoms with van der Waals surface area (Å²) in [6.07, 6.45) is 6.64. The van der Waals surface area contributed by atoms with Crippen LogP contribution in [0.25, 0.3) is 0 Å². The molecule has 1 aliphatic heterocycles. The molecule has 5 heteroatoms. The van der Waals surface area contributed by atoms with Crippen molar-refractivity contribution in [3.63, 3.8) is 0 Å². The molecular formula is C26H42O5. The Morgan fingerprint density at radius 2 is 1.94 bits per heavy atom. The summed E-state index contributed by atoms with van der Waals surface area (Å²) in [6.45, 7) is 12.7. The molecule has 0 spiro atoms. The number of carbonyl (C=O) groups excluding carboxylic acids is 2. The van der Waals surface area contributed by atoms with Crippen molar-refractivity contribution in [2.45, 2.75) is 105 Å². The molecule has 0 amide bonds. The fraction of sp³-hybridized carbons (Fsp3) is 0.846. The van der Waals surface area contributed by atoms with Crippen LogP contribution in [-0.4, -0.2) is 35.4 Å². The average Bonchev–Trinajstić information content (AvgIpc) is 2.67. The van der Waals surface area contributed by atoms with Crippen molar-refractivity contribution in [2.24, 2.45) is 35.0 Å². The molecule has 3 rings (SSSR count). The van der Waals surface area contributed by atoms with Crippen molar-refractivity contribution >= 4 is 11.9 Å². The molecular weight excluding hydrogens is 392 g/mol. The van der Waals surface area contributed by atoms with Gasteiger partial charge < -0.3 is 14.6 Å². The maximum atomic E-state index is 13.0. The lowest BCUT2D eigenvalue weighted by Gasteiger charge is -2.49. The second kappa shape index (κ2) is 9.64. The first-order chi connectivity index (χ1) is 14.5. The summed E-state index contributed by atoms with van der Waals surface area (Å²) < 4.78 is 11.8. The van der Waals surface area contributed by atoms with E-state index in [0.29, 0.717) is 36.0 Å². The van der Waals surface area contributed by atoms with E-state index in [1.807, 2.05) is 20.8 Å². The third-order valence-electron chi connectivity index (χ3n) is 8.22. The van der Waals surface area contributed by atoms with Gasteiger partial charge >= 0.3 is 11.9 Å². The molecule has 176 valence electrons. The maximum Gasteiger partial charge on any atom is 0.311 e. The highest BCUT2D eigenvalue weighted by Gasteiger charge is 2.47. The Bertz CT molecular complexity index is 696. The molecule has 0 unspecified atom stereocenters. The normalized spacial score (nSPS) is 38.7. The number of fused-ring (bicyclic) bond motifs is 1. The molecule has 0 bridgehead atoms. The summed E-state index contributed by atoms with van der Waals surface area (Å²) in [5.74, 6) is 1.64. The van der Waals surface area contributed by atoms with Crippen LogP contribution in [0.4, 0.5) is 0 Å². The van der Waals surface area contributed by atoms with Gasteiger partial charge in [0.05, 0.1) is 17.9 Å². The lowest BCUT2D eigenvalue weighted by atomic mass is 9.58. The van der Waals surface area contributed by atoms with Crippen LogP contribution in [-0.2, 0) is 19.1 Å². The smallest absolute Gasteiger partial charge is 0.311 e. The van der Waals surface area contributed by atoms with E-state index in [1.54, 1.807) is 0 Å². The Balaban J connectivity index is 1.78. The number of rotatable bonds is 6. The van der Waals surface area contributed by atoms with Gasteiger partial charge in [-0.1, -0.05) is 32.4 Å². The molecule has 1 heterocycles. The molecule has 0 aromatic carbocycles. The Morgan fingerprint density at radius 3 is 2.58 bits per heavy atom. The fourth-order valence-electron chi connectivity index (χ4n) is 6.02. The van der Waals surface area contributed by atoms with Gasteiger partial charge in [-0.05, 0) is 76.5 Å². The van der Waals surface area contributed by atoms with E-state index >= 15 is 0 Å². The zero-order valence-corrected chi connectivity index (χ0v) is 20.2. The highest BCUT2D eigenvalue weighted by Crippen LogP contribution is 2.50. The molecule has 0 radical (unpaired) electrons. The third kappa shape index (κ3) is 5.53.